The average Bonchev–Trinajstić information content (AvgIpc) is 2.42. The van der Waals surface area contributed by atoms with Crippen LogP contribution < -0.4 is 0 Å². The molecule has 0 heterocycles. The van der Waals surface area contributed by atoms with Crippen molar-refractivity contribution in [1.29, 1.82) is 0 Å². The number of esters is 1. The molecule has 4 unspecified atom stereocenters. The van der Waals surface area contributed by atoms with Gasteiger partial charge in [0.15, 0.2) is 0 Å². The molecule has 0 aromatic carbocycles. The topological polar surface area (TPSA) is 63.6 Å². The fourth-order valence-corrected chi connectivity index (χ4v) is 2.66. The molecule has 1 saturated carbocycles. The van der Waals surface area contributed by atoms with Gasteiger partial charge in [0.1, 0.15) is 12.4 Å². The highest BCUT2D eigenvalue weighted by Crippen LogP contribution is 2.27. The van der Waals surface area contributed by atoms with Gasteiger partial charge in [0, 0.05) is 5.92 Å². The van der Waals surface area contributed by atoms with Crippen molar-refractivity contribution in [3.63, 3.8) is 0 Å². The number of hydrogen-bond acceptors (Lipinski definition) is 4. The van der Waals surface area contributed by atoms with Gasteiger partial charge in [0.25, 0.3) is 0 Å². The van der Waals surface area contributed by atoms with E-state index in [9.17, 15) is 14.7 Å². The van der Waals surface area contributed by atoms with Crippen LogP contribution in [0.4, 0.5) is 0 Å². The second-order valence-corrected chi connectivity index (χ2v) is 5.23. The molecule has 0 aromatic heterocycles. The number of rotatable bonds is 3. The first-order valence-electron chi connectivity index (χ1n) is 6.69. The lowest BCUT2D eigenvalue weighted by atomic mass is 9.86. The molecule has 0 spiro atoms. The molecule has 18 heavy (non-hydrogen) atoms. The summed E-state index contributed by atoms with van der Waals surface area (Å²) in [6.07, 6.45) is 8.01. The van der Waals surface area contributed by atoms with Gasteiger partial charge in [0.05, 0.1) is 12.0 Å². The third-order valence-corrected chi connectivity index (χ3v) is 3.86. The van der Waals surface area contributed by atoms with Crippen LogP contribution in [0.2, 0.25) is 0 Å². The SMILES string of the molecule is O=CC1CCC(OC(=O)C2CC=CCC2)C(O)C1. The van der Waals surface area contributed by atoms with Crippen molar-refractivity contribution < 1.29 is 19.4 Å². The summed E-state index contributed by atoms with van der Waals surface area (Å²) >= 11 is 0. The van der Waals surface area contributed by atoms with E-state index in [0.717, 1.165) is 25.5 Å². The zero-order chi connectivity index (χ0) is 13.0. The number of hydrogen-bond donors (Lipinski definition) is 1. The summed E-state index contributed by atoms with van der Waals surface area (Å²) in [4.78, 5) is 22.6. The summed E-state index contributed by atoms with van der Waals surface area (Å²) in [5.41, 5.74) is 0. The first-order chi connectivity index (χ1) is 8.70. The Hall–Kier alpha value is -1.16. The average molecular weight is 252 g/mol. The highest BCUT2D eigenvalue weighted by atomic mass is 16.6. The second-order valence-electron chi connectivity index (χ2n) is 5.23. The monoisotopic (exact) mass is 252 g/mol. The molecule has 0 saturated heterocycles. The smallest absolute Gasteiger partial charge is 0.309 e. The first-order valence-corrected chi connectivity index (χ1v) is 6.69. The number of ether oxygens (including phenoxy) is 1. The summed E-state index contributed by atoms with van der Waals surface area (Å²) < 4.78 is 5.40. The maximum absolute atomic E-state index is 11.9. The van der Waals surface area contributed by atoms with E-state index in [1.54, 1.807) is 0 Å². The third kappa shape index (κ3) is 3.19. The first kappa shape index (κ1) is 13.3. The molecule has 4 atom stereocenters. The van der Waals surface area contributed by atoms with Crippen LogP contribution in [0.3, 0.4) is 0 Å². The molecule has 1 N–H and O–H groups in total. The number of aliphatic hydroxyl groups excluding tert-OH is 1. The molecule has 0 radical (unpaired) electrons. The molecular formula is C14H20O4. The second kappa shape index (κ2) is 6.14. The van der Waals surface area contributed by atoms with Gasteiger partial charge in [0.2, 0.25) is 0 Å². The molecule has 2 aliphatic rings. The van der Waals surface area contributed by atoms with Gasteiger partial charge in [-0.25, -0.2) is 0 Å². The van der Waals surface area contributed by atoms with Crippen molar-refractivity contribution in [2.45, 2.75) is 50.7 Å². The number of aldehydes is 1. The van der Waals surface area contributed by atoms with Crippen molar-refractivity contribution in [2.24, 2.45) is 11.8 Å². The van der Waals surface area contributed by atoms with Crippen molar-refractivity contribution in [3.05, 3.63) is 12.2 Å². The summed E-state index contributed by atoms with van der Waals surface area (Å²) in [5, 5.41) is 9.87. The van der Waals surface area contributed by atoms with E-state index in [1.807, 2.05) is 6.08 Å². The molecular weight excluding hydrogens is 232 g/mol. The number of aliphatic hydroxyl groups is 1. The molecule has 2 rings (SSSR count). The number of allylic oxidation sites excluding steroid dienone is 2. The van der Waals surface area contributed by atoms with Crippen LogP contribution in [-0.2, 0) is 14.3 Å². The lowest BCUT2D eigenvalue weighted by molar-refractivity contribution is -0.164. The van der Waals surface area contributed by atoms with Crippen molar-refractivity contribution >= 4 is 12.3 Å². The predicted molar refractivity (Wildman–Crippen MR) is 65.8 cm³/mol. The molecule has 0 bridgehead atoms. The van der Waals surface area contributed by atoms with E-state index in [2.05, 4.69) is 6.08 Å². The standard InChI is InChI=1S/C14H20O4/c15-9-10-6-7-13(12(16)8-10)18-14(17)11-4-2-1-3-5-11/h1-2,9-13,16H,3-8H2. The van der Waals surface area contributed by atoms with E-state index < -0.39 is 12.2 Å². The molecule has 0 aromatic rings. The van der Waals surface area contributed by atoms with Gasteiger partial charge in [-0.1, -0.05) is 12.2 Å². The van der Waals surface area contributed by atoms with Crippen molar-refractivity contribution in [3.8, 4) is 0 Å². The van der Waals surface area contributed by atoms with Crippen LogP contribution in [0, 0.1) is 11.8 Å². The zero-order valence-electron chi connectivity index (χ0n) is 10.5. The minimum atomic E-state index is -0.697. The third-order valence-electron chi connectivity index (χ3n) is 3.86. The van der Waals surface area contributed by atoms with Gasteiger partial charge in [-0.2, -0.15) is 0 Å². The quantitative estimate of drug-likeness (QED) is 0.471. The summed E-state index contributed by atoms with van der Waals surface area (Å²) in [6, 6.07) is 0. The Bertz CT molecular complexity index is 337. The molecule has 4 nitrogen and oxygen atoms in total. The Kier molecular flexibility index (Phi) is 4.53. The molecule has 2 aliphatic carbocycles. The summed E-state index contributed by atoms with van der Waals surface area (Å²) in [6.45, 7) is 0. The van der Waals surface area contributed by atoms with Crippen LogP contribution in [0.5, 0.6) is 0 Å². The van der Waals surface area contributed by atoms with Crippen molar-refractivity contribution in [1.82, 2.24) is 0 Å². The molecule has 0 amide bonds. The molecule has 0 aliphatic heterocycles. The number of carbonyl (C=O) groups is 2. The van der Waals surface area contributed by atoms with Crippen LogP contribution in [0.15, 0.2) is 12.2 Å². The number of carbonyl (C=O) groups excluding carboxylic acids is 2. The van der Waals surface area contributed by atoms with Gasteiger partial charge in [-0.3, -0.25) is 4.79 Å². The van der Waals surface area contributed by atoms with Crippen LogP contribution >= 0.6 is 0 Å². The fraction of sp³-hybridized carbons (Fsp3) is 0.714. The Labute approximate surface area is 107 Å². The molecule has 100 valence electrons. The van der Waals surface area contributed by atoms with Gasteiger partial charge in [-0.05, 0) is 38.5 Å². The maximum atomic E-state index is 11.9. The highest BCUT2D eigenvalue weighted by molar-refractivity contribution is 5.73. The highest BCUT2D eigenvalue weighted by Gasteiger charge is 2.33. The maximum Gasteiger partial charge on any atom is 0.309 e. The van der Waals surface area contributed by atoms with Crippen molar-refractivity contribution in [2.75, 3.05) is 0 Å². The predicted octanol–water partition coefficient (Wildman–Crippen LogP) is 1.61. The van der Waals surface area contributed by atoms with Crippen LogP contribution in [0.1, 0.15) is 38.5 Å². The normalized spacial score (nSPS) is 36.1. The lowest BCUT2D eigenvalue weighted by Crippen LogP contribution is -2.39. The minimum Gasteiger partial charge on any atom is -0.459 e. The van der Waals surface area contributed by atoms with E-state index >= 15 is 0 Å². The summed E-state index contributed by atoms with van der Waals surface area (Å²) in [5.74, 6) is -0.355. The molecule has 4 heteroatoms. The summed E-state index contributed by atoms with van der Waals surface area (Å²) in [7, 11) is 0. The molecule has 1 fully saturated rings. The van der Waals surface area contributed by atoms with E-state index in [-0.39, 0.29) is 17.8 Å². The van der Waals surface area contributed by atoms with E-state index in [4.69, 9.17) is 4.74 Å². The zero-order valence-corrected chi connectivity index (χ0v) is 10.5. The lowest BCUT2D eigenvalue weighted by Gasteiger charge is -2.31. The van der Waals surface area contributed by atoms with Crippen LogP contribution in [-0.4, -0.2) is 29.6 Å². The van der Waals surface area contributed by atoms with Gasteiger partial charge in [-0.15, -0.1) is 0 Å². The van der Waals surface area contributed by atoms with E-state index in [1.165, 1.54) is 0 Å². The largest absolute Gasteiger partial charge is 0.459 e. The minimum absolute atomic E-state index is 0.0639. The Morgan fingerprint density at radius 1 is 1.28 bits per heavy atom. The Balaban J connectivity index is 1.83. The van der Waals surface area contributed by atoms with Gasteiger partial charge < -0.3 is 14.6 Å². The fourth-order valence-electron chi connectivity index (χ4n) is 2.66. The Morgan fingerprint density at radius 2 is 2.11 bits per heavy atom. The van der Waals surface area contributed by atoms with E-state index in [0.29, 0.717) is 19.3 Å². The Morgan fingerprint density at radius 3 is 2.72 bits per heavy atom. The van der Waals surface area contributed by atoms with Gasteiger partial charge >= 0.3 is 5.97 Å². The van der Waals surface area contributed by atoms with Crippen LogP contribution in [0.25, 0.3) is 0 Å².